The molecule has 6 heterocycles. The lowest BCUT2D eigenvalue weighted by atomic mass is 9.75. The van der Waals surface area contributed by atoms with Gasteiger partial charge in [-0.2, -0.15) is 5.10 Å². The summed E-state index contributed by atoms with van der Waals surface area (Å²) in [6, 6.07) is 18.5. The number of aryl methyl sites for hydroxylation is 2. The number of imidazole rings is 1. The van der Waals surface area contributed by atoms with Crippen molar-refractivity contribution in [2.45, 2.75) is 83.2 Å². The number of hydrogen-bond donors (Lipinski definition) is 2. The van der Waals surface area contributed by atoms with E-state index in [4.69, 9.17) is 14.7 Å². The van der Waals surface area contributed by atoms with E-state index in [1.54, 1.807) is 80.7 Å². The van der Waals surface area contributed by atoms with Crippen molar-refractivity contribution in [2.75, 3.05) is 33.1 Å². The van der Waals surface area contributed by atoms with Crippen LogP contribution in [-0.2, 0) is 26.1 Å². The van der Waals surface area contributed by atoms with E-state index in [-0.39, 0.29) is 17.4 Å². The molecule has 4 aliphatic rings. The van der Waals surface area contributed by atoms with Crippen molar-refractivity contribution < 1.29 is 28.4 Å². The lowest BCUT2D eigenvalue weighted by Gasteiger charge is -2.44. The highest BCUT2D eigenvalue weighted by Gasteiger charge is 2.49. The number of aromatic nitrogens is 5. The normalized spacial score (nSPS) is 20.2. The zero-order chi connectivity index (χ0) is 43.2. The molecular formula is C46H50FN8O6P. The molecule has 14 nitrogen and oxygen atoms in total. The predicted octanol–water partition coefficient (Wildman–Crippen LogP) is 6.51. The van der Waals surface area contributed by atoms with Gasteiger partial charge in [-0.25, -0.2) is 29.2 Å². The molecule has 3 aromatic carbocycles. The lowest BCUT2D eigenvalue weighted by molar-refractivity contribution is -0.103. The second-order valence-electron chi connectivity index (χ2n) is 17.6. The summed E-state index contributed by atoms with van der Waals surface area (Å²) < 4.78 is 40.4. The minimum atomic E-state index is -2.52. The number of aliphatic hydroxyl groups excluding tert-OH is 1. The van der Waals surface area contributed by atoms with E-state index in [0.29, 0.717) is 95.7 Å². The highest BCUT2D eigenvalue weighted by Crippen LogP contribution is 2.46. The Labute approximate surface area is 357 Å². The summed E-state index contributed by atoms with van der Waals surface area (Å²) in [6.07, 6.45) is 6.55. The van der Waals surface area contributed by atoms with Crippen molar-refractivity contribution in [1.82, 2.24) is 33.9 Å². The van der Waals surface area contributed by atoms with Gasteiger partial charge in [-0.15, -0.1) is 0 Å². The molecule has 16 heteroatoms. The second-order valence-corrected chi connectivity index (χ2v) is 20.8. The van der Waals surface area contributed by atoms with Gasteiger partial charge in [0.1, 0.15) is 30.0 Å². The quantitative estimate of drug-likeness (QED) is 0.165. The fraction of sp³-hybridized carbons (Fsp3) is 0.391. The number of ether oxygens (including phenoxy) is 1. The van der Waals surface area contributed by atoms with E-state index in [9.17, 15) is 14.5 Å². The maximum atomic E-state index is 15.5. The third-order valence-corrected chi connectivity index (χ3v) is 15.0. The number of carbonyl (C=O) groups is 1. The summed E-state index contributed by atoms with van der Waals surface area (Å²) in [7, 11) is -2.52. The number of aliphatic imine (C=N–C) groups is 1. The zero-order valence-electron chi connectivity index (χ0n) is 35.5. The van der Waals surface area contributed by atoms with Gasteiger partial charge in [-0.3, -0.25) is 13.9 Å². The highest BCUT2D eigenvalue weighted by molar-refractivity contribution is 7.70. The third kappa shape index (κ3) is 6.51. The summed E-state index contributed by atoms with van der Waals surface area (Å²) in [5.41, 5.74) is 7.84. The van der Waals surface area contributed by atoms with Crippen molar-refractivity contribution in [2.24, 2.45) is 4.99 Å². The van der Waals surface area contributed by atoms with Crippen LogP contribution in [0.5, 0.6) is 0 Å². The smallest absolute Gasteiger partial charge is 0.338 e. The van der Waals surface area contributed by atoms with Crippen LogP contribution in [0.3, 0.4) is 0 Å². The van der Waals surface area contributed by atoms with Gasteiger partial charge in [0.15, 0.2) is 5.84 Å². The number of rotatable bonds is 8. The average molecular weight is 861 g/mol. The number of amides is 1. The molecule has 3 aromatic heterocycles. The van der Waals surface area contributed by atoms with Crippen LogP contribution in [0.1, 0.15) is 89.4 Å². The van der Waals surface area contributed by atoms with Crippen LogP contribution >= 0.6 is 7.14 Å². The Bertz CT molecular complexity index is 2890. The molecule has 6 aromatic rings. The maximum absolute atomic E-state index is 15.5. The van der Waals surface area contributed by atoms with Gasteiger partial charge in [-0.1, -0.05) is 6.07 Å². The van der Waals surface area contributed by atoms with Gasteiger partial charge >= 0.3 is 5.69 Å². The third-order valence-electron chi connectivity index (χ3n) is 13.4. The molecule has 3 aliphatic heterocycles. The van der Waals surface area contributed by atoms with E-state index >= 15 is 9.18 Å². The maximum Gasteiger partial charge on any atom is 0.338 e. The van der Waals surface area contributed by atoms with Crippen molar-refractivity contribution in [3.8, 4) is 17.2 Å². The number of nitrogens with zero attached hydrogens (tertiary/aromatic N) is 7. The fourth-order valence-electron chi connectivity index (χ4n) is 9.94. The molecule has 2 fully saturated rings. The number of aliphatic hydroxyl groups is 1. The van der Waals surface area contributed by atoms with E-state index in [0.717, 1.165) is 35.9 Å². The van der Waals surface area contributed by atoms with Crippen LogP contribution in [0.25, 0.3) is 28.1 Å². The molecular weight excluding hydrogens is 811 g/mol. The molecule has 1 unspecified atom stereocenters. The Morgan fingerprint density at radius 3 is 2.32 bits per heavy atom. The Morgan fingerprint density at radius 1 is 0.968 bits per heavy atom. The standard InChI is InChI=1S/C46H50FN8O6P/c1-27-23-34(24-28(2)40(27)47)55-41(53-20-19-52(45(53)58)33-8-10-35(11-9-33)62(4,5)59)39-29(3)51(18-13-36(39)49-55)42(56)38-26-32-25-31(30-14-21-60-22-15-30)7-12-37(32)54(38)46(16-6-17-46)43-48-44(57)61-50-43/h7-12,19-20,23-26,29-30,44,57H,6,13-18,21-22H2,1-5H3,(H,48,50)/t29-,44?/m0/s1. The summed E-state index contributed by atoms with van der Waals surface area (Å²) in [4.78, 5) is 41.6. The average Bonchev–Trinajstić information content (AvgIpc) is 4.04. The van der Waals surface area contributed by atoms with Gasteiger partial charge in [-0.05, 0) is 143 Å². The first-order valence-electron chi connectivity index (χ1n) is 21.3. The van der Waals surface area contributed by atoms with E-state index < -0.39 is 25.1 Å². The molecule has 1 aliphatic carbocycles. The fourth-order valence-corrected chi connectivity index (χ4v) is 10.8. The SMILES string of the molecule is Cc1cc(-n2nc3c(c2-n2ccn(-c4ccc(P(C)(C)=O)cc4)c2=O)[C@H](C)N(C(=O)c2cc4cc(C5CCOCC5)ccc4n2C2(C4=NC(O)ON4)CCC2)CC3)cc(C)c1F. The molecule has 0 radical (unpaired) electrons. The monoisotopic (exact) mass is 860 g/mol. The Balaban J connectivity index is 1.11. The molecule has 2 atom stereocenters. The number of fused-ring (bicyclic) bond motifs is 2. The minimum Gasteiger partial charge on any atom is -0.381 e. The first-order valence-corrected chi connectivity index (χ1v) is 23.9. The molecule has 1 saturated heterocycles. The molecule has 0 spiro atoms. The van der Waals surface area contributed by atoms with Gasteiger partial charge in [0.2, 0.25) is 0 Å². The predicted molar refractivity (Wildman–Crippen MR) is 234 cm³/mol. The number of benzene rings is 3. The summed E-state index contributed by atoms with van der Waals surface area (Å²) in [5.74, 6) is 0.781. The van der Waals surface area contributed by atoms with Crippen LogP contribution in [-0.4, -0.2) is 84.7 Å². The largest absolute Gasteiger partial charge is 0.381 e. The molecule has 10 rings (SSSR count). The number of hydrogen-bond acceptors (Lipinski definition) is 9. The minimum absolute atomic E-state index is 0.195. The van der Waals surface area contributed by atoms with Crippen molar-refractivity contribution >= 4 is 35.1 Å². The molecule has 0 bridgehead atoms. The Kier molecular flexibility index (Phi) is 9.82. The zero-order valence-corrected chi connectivity index (χ0v) is 36.4. The van der Waals surface area contributed by atoms with Gasteiger partial charge in [0.05, 0.1) is 23.1 Å². The van der Waals surface area contributed by atoms with Gasteiger partial charge < -0.3 is 23.9 Å². The first kappa shape index (κ1) is 40.5. The lowest BCUT2D eigenvalue weighted by Crippen LogP contribution is -2.53. The molecule has 62 heavy (non-hydrogen) atoms. The van der Waals surface area contributed by atoms with Crippen LogP contribution in [0, 0.1) is 19.7 Å². The van der Waals surface area contributed by atoms with Gasteiger partial charge in [0, 0.05) is 60.3 Å². The summed E-state index contributed by atoms with van der Waals surface area (Å²) in [5, 5.41) is 17.1. The molecule has 1 saturated carbocycles. The van der Waals surface area contributed by atoms with Crippen molar-refractivity contribution in [1.29, 1.82) is 0 Å². The van der Waals surface area contributed by atoms with E-state index in [1.165, 1.54) is 14.7 Å². The highest BCUT2D eigenvalue weighted by atomic mass is 31.2. The van der Waals surface area contributed by atoms with Crippen molar-refractivity contribution in [3.05, 3.63) is 123 Å². The first-order chi connectivity index (χ1) is 29.7. The number of halogens is 1. The van der Waals surface area contributed by atoms with Crippen LogP contribution in [0.4, 0.5) is 4.39 Å². The Hall–Kier alpha value is -5.60. The van der Waals surface area contributed by atoms with Crippen LogP contribution in [0.15, 0.2) is 82.8 Å². The number of hydroxylamine groups is 1. The number of amidine groups is 1. The second kappa shape index (κ2) is 15.0. The van der Waals surface area contributed by atoms with Crippen LogP contribution < -0.4 is 16.5 Å². The summed E-state index contributed by atoms with van der Waals surface area (Å²) in [6.45, 7) is 10.6. The van der Waals surface area contributed by atoms with Crippen LogP contribution in [0.2, 0.25) is 0 Å². The van der Waals surface area contributed by atoms with Crippen molar-refractivity contribution in [3.63, 3.8) is 0 Å². The molecule has 322 valence electrons. The van der Waals surface area contributed by atoms with E-state index in [2.05, 4.69) is 33.2 Å². The topological polar surface area (TPSA) is 150 Å². The number of nitrogens with one attached hydrogen (secondary N) is 1. The Morgan fingerprint density at radius 2 is 1.68 bits per heavy atom. The van der Waals surface area contributed by atoms with E-state index in [1.807, 2.05) is 17.9 Å². The number of carbonyl (C=O) groups excluding carboxylic acids is 1. The molecule has 2 N–H and O–H groups in total. The van der Waals surface area contributed by atoms with Gasteiger partial charge in [0.25, 0.3) is 12.3 Å². The summed E-state index contributed by atoms with van der Waals surface area (Å²) >= 11 is 0. The molecule has 1 amide bonds.